The number of pyridine rings is 1. The maximum absolute atomic E-state index is 13.4. The van der Waals surface area contributed by atoms with Crippen LogP contribution in [-0.2, 0) is 10.2 Å². The van der Waals surface area contributed by atoms with Crippen LogP contribution in [0.3, 0.4) is 0 Å². The molecule has 9 heteroatoms. The van der Waals surface area contributed by atoms with Gasteiger partial charge < -0.3 is 19.5 Å². The van der Waals surface area contributed by atoms with E-state index in [0.29, 0.717) is 22.6 Å². The number of nitriles is 1. The predicted octanol–water partition coefficient (Wildman–Crippen LogP) is 4.54. The molecule has 0 fully saturated rings. The van der Waals surface area contributed by atoms with Crippen molar-refractivity contribution in [3.05, 3.63) is 65.2 Å². The molecule has 2 aromatic carbocycles. The lowest BCUT2D eigenvalue weighted by Crippen LogP contribution is -2.39. The minimum atomic E-state index is -3.76. The summed E-state index contributed by atoms with van der Waals surface area (Å²) in [7, 11) is 0. The molecular formula is C24H17F2N3O4. The molecule has 2 aliphatic heterocycles. The SMILES string of the molecule is Cc1ccc(NC(=O)[C@@]2(C)COc3cc4c(cc32)OC(F)(F)O4)nc1-c1cccc(C#N)c1. The van der Waals surface area contributed by atoms with Crippen molar-refractivity contribution in [1.29, 1.82) is 5.26 Å². The second-order valence-corrected chi connectivity index (χ2v) is 8.09. The largest absolute Gasteiger partial charge is 0.586 e. The van der Waals surface area contributed by atoms with E-state index in [1.807, 2.05) is 19.1 Å². The summed E-state index contributed by atoms with van der Waals surface area (Å²) in [4.78, 5) is 17.8. The third-order valence-corrected chi connectivity index (χ3v) is 5.72. The number of fused-ring (bicyclic) bond motifs is 2. The highest BCUT2D eigenvalue weighted by Gasteiger charge is 2.49. The topological polar surface area (TPSA) is 93.5 Å². The lowest BCUT2D eigenvalue weighted by molar-refractivity contribution is -0.286. The minimum absolute atomic E-state index is 0.0103. The molecule has 0 spiro atoms. The maximum Gasteiger partial charge on any atom is 0.586 e. The van der Waals surface area contributed by atoms with Crippen LogP contribution in [0.25, 0.3) is 11.3 Å². The molecule has 0 bridgehead atoms. The fraction of sp³-hybridized carbons (Fsp3) is 0.208. The third-order valence-electron chi connectivity index (χ3n) is 5.72. The molecule has 166 valence electrons. The van der Waals surface area contributed by atoms with Gasteiger partial charge in [0.05, 0.1) is 17.3 Å². The van der Waals surface area contributed by atoms with Crippen LogP contribution < -0.4 is 19.5 Å². The Kier molecular flexibility index (Phi) is 4.50. The minimum Gasteiger partial charge on any atom is -0.492 e. The summed E-state index contributed by atoms with van der Waals surface area (Å²) < 4.78 is 41.5. The van der Waals surface area contributed by atoms with Crippen molar-refractivity contribution >= 4 is 11.7 Å². The van der Waals surface area contributed by atoms with Crippen LogP contribution >= 0.6 is 0 Å². The second kappa shape index (κ2) is 7.17. The number of carbonyl (C=O) groups excluding carboxylic acids is 1. The summed E-state index contributed by atoms with van der Waals surface area (Å²) in [6.07, 6.45) is -3.76. The van der Waals surface area contributed by atoms with E-state index in [2.05, 4.69) is 25.8 Å². The van der Waals surface area contributed by atoms with E-state index < -0.39 is 17.6 Å². The van der Waals surface area contributed by atoms with Crippen molar-refractivity contribution in [2.75, 3.05) is 11.9 Å². The molecule has 0 radical (unpaired) electrons. The van der Waals surface area contributed by atoms with Crippen molar-refractivity contribution in [3.8, 4) is 34.6 Å². The average molecular weight is 449 g/mol. The highest BCUT2D eigenvalue weighted by Crippen LogP contribution is 2.50. The van der Waals surface area contributed by atoms with Gasteiger partial charge in [-0.1, -0.05) is 18.2 Å². The number of ether oxygens (including phenoxy) is 3. The van der Waals surface area contributed by atoms with Gasteiger partial charge >= 0.3 is 6.29 Å². The molecule has 1 N–H and O–H groups in total. The number of anilines is 1. The van der Waals surface area contributed by atoms with E-state index in [4.69, 9.17) is 4.74 Å². The number of aromatic nitrogens is 1. The molecule has 2 aliphatic rings. The zero-order chi connectivity index (χ0) is 23.4. The Bertz CT molecular complexity index is 1350. The Morgan fingerprint density at radius 3 is 2.64 bits per heavy atom. The number of alkyl halides is 2. The van der Waals surface area contributed by atoms with Gasteiger partial charge in [0.2, 0.25) is 5.91 Å². The van der Waals surface area contributed by atoms with Crippen LogP contribution in [0.4, 0.5) is 14.6 Å². The molecular weight excluding hydrogens is 432 g/mol. The number of benzene rings is 2. The van der Waals surface area contributed by atoms with E-state index in [0.717, 1.165) is 11.1 Å². The van der Waals surface area contributed by atoms with Gasteiger partial charge in [-0.3, -0.25) is 4.79 Å². The third kappa shape index (κ3) is 3.49. The average Bonchev–Trinajstić information content (AvgIpc) is 3.28. The first-order chi connectivity index (χ1) is 15.7. The van der Waals surface area contributed by atoms with Crippen molar-refractivity contribution in [3.63, 3.8) is 0 Å². The zero-order valence-corrected chi connectivity index (χ0v) is 17.6. The zero-order valence-electron chi connectivity index (χ0n) is 17.6. The number of nitrogens with one attached hydrogen (secondary N) is 1. The van der Waals surface area contributed by atoms with E-state index in [1.54, 1.807) is 31.2 Å². The Balaban J connectivity index is 1.44. The lowest BCUT2D eigenvalue weighted by Gasteiger charge is -2.22. The van der Waals surface area contributed by atoms with Crippen LogP contribution in [0.5, 0.6) is 17.2 Å². The molecule has 1 atom stereocenters. The molecule has 0 saturated carbocycles. The fourth-order valence-electron chi connectivity index (χ4n) is 3.90. The summed E-state index contributed by atoms with van der Waals surface area (Å²) in [5, 5.41) is 12.0. The quantitative estimate of drug-likeness (QED) is 0.631. The lowest BCUT2D eigenvalue weighted by atomic mass is 9.83. The van der Waals surface area contributed by atoms with E-state index >= 15 is 0 Å². The molecule has 0 aliphatic carbocycles. The number of carbonyl (C=O) groups is 1. The van der Waals surface area contributed by atoms with Gasteiger partial charge in [0.25, 0.3) is 0 Å². The van der Waals surface area contributed by atoms with Gasteiger partial charge in [0.15, 0.2) is 11.5 Å². The number of hydrogen-bond acceptors (Lipinski definition) is 6. The maximum atomic E-state index is 13.4. The van der Waals surface area contributed by atoms with Crippen LogP contribution in [0.1, 0.15) is 23.6 Å². The summed E-state index contributed by atoms with van der Waals surface area (Å²) in [5.74, 6) is -0.132. The van der Waals surface area contributed by atoms with Gasteiger partial charge in [0.1, 0.15) is 23.6 Å². The highest BCUT2D eigenvalue weighted by molar-refractivity contribution is 6.00. The summed E-state index contributed by atoms with van der Waals surface area (Å²) in [6.45, 7) is 3.55. The molecule has 1 aromatic heterocycles. The Morgan fingerprint density at radius 2 is 1.88 bits per heavy atom. The normalized spacial score (nSPS) is 19.4. The van der Waals surface area contributed by atoms with E-state index in [-0.39, 0.29) is 23.9 Å². The van der Waals surface area contributed by atoms with Crippen molar-refractivity contribution in [2.45, 2.75) is 25.6 Å². The predicted molar refractivity (Wildman–Crippen MR) is 113 cm³/mol. The molecule has 33 heavy (non-hydrogen) atoms. The highest BCUT2D eigenvalue weighted by atomic mass is 19.3. The van der Waals surface area contributed by atoms with Gasteiger partial charge in [-0.2, -0.15) is 5.26 Å². The van der Waals surface area contributed by atoms with Crippen LogP contribution in [-0.4, -0.2) is 23.8 Å². The summed E-state index contributed by atoms with van der Waals surface area (Å²) in [5.41, 5.74) is 1.99. The first kappa shape index (κ1) is 20.7. The monoisotopic (exact) mass is 449 g/mol. The second-order valence-electron chi connectivity index (χ2n) is 8.09. The van der Waals surface area contributed by atoms with E-state index in [9.17, 15) is 18.8 Å². The molecule has 0 unspecified atom stereocenters. The van der Waals surface area contributed by atoms with Crippen LogP contribution in [0, 0.1) is 18.3 Å². The summed E-state index contributed by atoms with van der Waals surface area (Å²) >= 11 is 0. The molecule has 0 saturated heterocycles. The van der Waals surface area contributed by atoms with Gasteiger partial charge in [-0.25, -0.2) is 4.98 Å². The fourth-order valence-corrected chi connectivity index (χ4v) is 3.90. The molecule has 5 rings (SSSR count). The Labute approximate surface area is 187 Å². The van der Waals surface area contributed by atoms with E-state index in [1.165, 1.54) is 12.1 Å². The van der Waals surface area contributed by atoms with Gasteiger partial charge in [-0.15, -0.1) is 8.78 Å². The van der Waals surface area contributed by atoms with Gasteiger partial charge in [-0.05, 0) is 43.7 Å². The molecule has 7 nitrogen and oxygen atoms in total. The molecule has 3 heterocycles. The number of nitrogens with zero attached hydrogens (tertiary/aromatic N) is 2. The number of aryl methyl sites for hydroxylation is 1. The van der Waals surface area contributed by atoms with Crippen molar-refractivity contribution in [1.82, 2.24) is 4.98 Å². The summed E-state index contributed by atoms with van der Waals surface area (Å²) in [6, 6.07) is 15.3. The van der Waals surface area contributed by atoms with Crippen LogP contribution in [0.15, 0.2) is 48.5 Å². The number of rotatable bonds is 3. The smallest absolute Gasteiger partial charge is 0.492 e. The van der Waals surface area contributed by atoms with Crippen molar-refractivity contribution < 1.29 is 27.8 Å². The number of amides is 1. The Hall–Kier alpha value is -4.19. The van der Waals surface area contributed by atoms with Crippen LogP contribution in [0.2, 0.25) is 0 Å². The standard InChI is InChI=1S/C24H17F2N3O4/c1-13-6-7-20(28-21(13)15-5-3-4-14(8-15)11-27)29-22(30)23(2)12-31-17-10-19-18(9-16(17)23)32-24(25,26)33-19/h3-10H,12H2,1-2H3,(H,28,29,30)/t23-/m0/s1. The molecule has 1 amide bonds. The first-order valence-electron chi connectivity index (χ1n) is 10.1. The number of halogens is 2. The van der Waals surface area contributed by atoms with Gasteiger partial charge in [0, 0.05) is 17.2 Å². The Morgan fingerprint density at radius 1 is 1.12 bits per heavy atom. The number of hydrogen-bond donors (Lipinski definition) is 1. The first-order valence-corrected chi connectivity index (χ1v) is 10.1. The molecule has 3 aromatic rings. The van der Waals surface area contributed by atoms with Crippen molar-refractivity contribution in [2.24, 2.45) is 0 Å².